The molecule has 1 aliphatic rings. The van der Waals surface area contributed by atoms with Crippen LogP contribution in [0.5, 0.6) is 0 Å². The zero-order valence-electron chi connectivity index (χ0n) is 15.0. The van der Waals surface area contributed by atoms with Crippen molar-refractivity contribution in [3.63, 3.8) is 0 Å². The van der Waals surface area contributed by atoms with Crippen LogP contribution in [0.1, 0.15) is 36.4 Å². The lowest BCUT2D eigenvalue weighted by molar-refractivity contribution is -0.121. The molecule has 27 heavy (non-hydrogen) atoms. The quantitative estimate of drug-likeness (QED) is 0.731. The molecule has 1 aromatic carbocycles. The number of benzene rings is 1. The number of amides is 1. The molecule has 0 saturated heterocycles. The first-order valence-electron chi connectivity index (χ1n) is 8.94. The van der Waals surface area contributed by atoms with Gasteiger partial charge < -0.3 is 9.84 Å². The average molecular weight is 368 g/mol. The summed E-state index contributed by atoms with van der Waals surface area (Å²) in [6.45, 7) is 0.129. The van der Waals surface area contributed by atoms with Crippen LogP contribution in [0, 0.1) is 0 Å². The van der Waals surface area contributed by atoms with Gasteiger partial charge in [-0.1, -0.05) is 23.7 Å². The van der Waals surface area contributed by atoms with Gasteiger partial charge in [-0.2, -0.15) is 0 Å². The molecule has 3 aromatic rings. The molecule has 1 fully saturated rings. The van der Waals surface area contributed by atoms with Gasteiger partial charge in [0.15, 0.2) is 0 Å². The smallest absolute Gasteiger partial charge is 0.331 e. The van der Waals surface area contributed by atoms with Gasteiger partial charge >= 0.3 is 5.69 Å². The molecule has 1 saturated carbocycles. The Kier molecular flexibility index (Phi) is 4.39. The van der Waals surface area contributed by atoms with Gasteiger partial charge in [-0.05, 0) is 25.0 Å². The van der Waals surface area contributed by atoms with Crippen LogP contribution in [-0.2, 0) is 24.9 Å². The maximum atomic E-state index is 12.5. The van der Waals surface area contributed by atoms with Crippen molar-refractivity contribution in [3.8, 4) is 0 Å². The Morgan fingerprint density at radius 2 is 2.07 bits per heavy atom. The normalized spacial score (nSPS) is 14.3. The number of hydrogen-bond donors (Lipinski definition) is 1. The van der Waals surface area contributed by atoms with Gasteiger partial charge in [0.25, 0.3) is 5.56 Å². The minimum atomic E-state index is -0.519. The number of nitrogens with one attached hydrogen (secondary N) is 1. The number of carbonyl (C=O) groups is 1. The Labute approximate surface area is 154 Å². The summed E-state index contributed by atoms with van der Waals surface area (Å²) in [6, 6.07) is 6.78. The molecule has 8 heteroatoms. The fourth-order valence-electron chi connectivity index (χ4n) is 3.40. The lowest BCUT2D eigenvalue weighted by atomic mass is 9.81. The van der Waals surface area contributed by atoms with Crippen molar-refractivity contribution >= 4 is 16.8 Å². The van der Waals surface area contributed by atoms with E-state index in [4.69, 9.17) is 4.52 Å². The fourth-order valence-corrected chi connectivity index (χ4v) is 3.40. The first-order chi connectivity index (χ1) is 13.1. The Balaban J connectivity index is 1.55. The van der Waals surface area contributed by atoms with E-state index in [1.807, 2.05) is 0 Å². The van der Waals surface area contributed by atoms with Crippen molar-refractivity contribution in [1.82, 2.24) is 19.6 Å². The third kappa shape index (κ3) is 3.07. The second-order valence-electron chi connectivity index (χ2n) is 6.88. The monoisotopic (exact) mass is 368 g/mol. The molecule has 1 aliphatic carbocycles. The Morgan fingerprint density at radius 1 is 1.30 bits per heavy atom. The summed E-state index contributed by atoms with van der Waals surface area (Å²) in [5.41, 5.74) is 1.33. The number of aromatic nitrogens is 3. The van der Waals surface area contributed by atoms with Crippen LogP contribution in [0.25, 0.3) is 10.9 Å². The van der Waals surface area contributed by atoms with E-state index in [0.717, 1.165) is 28.7 Å². The molecule has 4 rings (SSSR count). The fraction of sp³-hybridized carbons (Fsp3) is 0.368. The van der Waals surface area contributed by atoms with E-state index in [-0.39, 0.29) is 18.0 Å². The van der Waals surface area contributed by atoms with Crippen LogP contribution in [0.15, 0.2) is 44.6 Å². The van der Waals surface area contributed by atoms with E-state index in [9.17, 15) is 14.4 Å². The highest BCUT2D eigenvalue weighted by atomic mass is 16.5. The number of carbonyl (C=O) groups excluding carboxylic acids is 1. The predicted octanol–water partition coefficient (Wildman–Crippen LogP) is 1.27. The van der Waals surface area contributed by atoms with Gasteiger partial charge in [0.2, 0.25) is 5.91 Å². The maximum Gasteiger partial charge on any atom is 0.331 e. The zero-order valence-corrected chi connectivity index (χ0v) is 15.0. The minimum absolute atomic E-state index is 0.169. The third-order valence-electron chi connectivity index (χ3n) is 5.19. The molecule has 8 nitrogen and oxygen atoms in total. The topological polar surface area (TPSA) is 99.1 Å². The van der Waals surface area contributed by atoms with Crippen molar-refractivity contribution in [3.05, 3.63) is 62.6 Å². The molecule has 2 aromatic heterocycles. The van der Waals surface area contributed by atoms with Gasteiger partial charge in [0.05, 0.1) is 16.6 Å². The summed E-state index contributed by atoms with van der Waals surface area (Å²) in [7, 11) is 1.41. The lowest BCUT2D eigenvalue weighted by Crippen LogP contribution is -2.41. The van der Waals surface area contributed by atoms with Crippen LogP contribution in [-0.4, -0.2) is 20.2 Å². The summed E-state index contributed by atoms with van der Waals surface area (Å²) in [6.07, 6.45) is 4.92. The van der Waals surface area contributed by atoms with E-state index in [1.54, 1.807) is 30.5 Å². The molecular weight excluding hydrogens is 348 g/mol. The molecular formula is C19H20N4O4. The molecule has 140 valence electrons. The number of nitrogens with zero attached hydrogens (tertiary/aromatic N) is 3. The third-order valence-corrected chi connectivity index (χ3v) is 5.19. The Hall–Kier alpha value is -3.16. The van der Waals surface area contributed by atoms with Crippen molar-refractivity contribution in [2.45, 2.75) is 38.3 Å². The van der Waals surface area contributed by atoms with E-state index in [0.29, 0.717) is 23.4 Å². The molecule has 0 atom stereocenters. The van der Waals surface area contributed by atoms with Crippen molar-refractivity contribution < 1.29 is 9.32 Å². The molecule has 0 bridgehead atoms. The van der Waals surface area contributed by atoms with Crippen LogP contribution < -0.4 is 16.6 Å². The van der Waals surface area contributed by atoms with Crippen LogP contribution in [0.2, 0.25) is 0 Å². The summed E-state index contributed by atoms with van der Waals surface area (Å²) >= 11 is 0. The molecule has 2 heterocycles. The van der Waals surface area contributed by atoms with Crippen molar-refractivity contribution in [2.75, 3.05) is 0 Å². The molecule has 1 amide bonds. The van der Waals surface area contributed by atoms with Gasteiger partial charge in [0, 0.05) is 25.1 Å². The summed E-state index contributed by atoms with van der Waals surface area (Å²) in [5.74, 6) is 0.0903. The van der Waals surface area contributed by atoms with Crippen molar-refractivity contribution in [1.29, 1.82) is 0 Å². The number of rotatable bonds is 5. The first-order valence-corrected chi connectivity index (χ1v) is 8.94. The minimum Gasteiger partial charge on any atom is -0.364 e. The maximum absolute atomic E-state index is 12.5. The molecule has 1 N–H and O–H groups in total. The van der Waals surface area contributed by atoms with E-state index < -0.39 is 5.69 Å². The molecule has 0 unspecified atom stereocenters. The van der Waals surface area contributed by atoms with Gasteiger partial charge in [-0.25, -0.2) is 4.79 Å². The Bertz CT molecular complexity index is 1120. The number of hydrogen-bond acceptors (Lipinski definition) is 5. The SMILES string of the molecule is Cn1c(=O)c2ccccc2n(CC(=O)NCc2conc2C2CCC2)c1=O. The molecule has 0 aliphatic heterocycles. The largest absolute Gasteiger partial charge is 0.364 e. The van der Waals surface area contributed by atoms with E-state index >= 15 is 0 Å². The highest BCUT2D eigenvalue weighted by Crippen LogP contribution is 2.37. The first kappa shape index (κ1) is 17.3. The highest BCUT2D eigenvalue weighted by molar-refractivity contribution is 5.81. The molecule has 0 radical (unpaired) electrons. The van der Waals surface area contributed by atoms with Gasteiger partial charge in [0.1, 0.15) is 12.8 Å². The second kappa shape index (κ2) is 6.86. The Morgan fingerprint density at radius 3 is 2.81 bits per heavy atom. The zero-order chi connectivity index (χ0) is 19.0. The summed E-state index contributed by atoms with van der Waals surface area (Å²) < 4.78 is 7.39. The van der Waals surface area contributed by atoms with Crippen LogP contribution in [0.3, 0.4) is 0 Å². The van der Waals surface area contributed by atoms with E-state index in [1.165, 1.54) is 18.0 Å². The van der Waals surface area contributed by atoms with Crippen molar-refractivity contribution in [2.24, 2.45) is 7.05 Å². The average Bonchev–Trinajstić information content (AvgIpc) is 3.08. The van der Waals surface area contributed by atoms with Crippen LogP contribution in [0.4, 0.5) is 0 Å². The molecule has 0 spiro atoms. The second-order valence-corrected chi connectivity index (χ2v) is 6.88. The predicted molar refractivity (Wildman–Crippen MR) is 98.4 cm³/mol. The van der Waals surface area contributed by atoms with E-state index in [2.05, 4.69) is 10.5 Å². The van der Waals surface area contributed by atoms with Gasteiger partial charge in [-0.3, -0.25) is 18.7 Å². The number of para-hydroxylation sites is 1. The summed E-state index contributed by atoms with van der Waals surface area (Å²) in [5, 5.41) is 7.28. The lowest BCUT2D eigenvalue weighted by Gasteiger charge is -2.23. The standard InChI is InChI=1S/C19H20N4O4/c1-22-18(25)14-7-2-3-8-15(14)23(19(22)26)10-16(24)20-9-13-11-27-21-17(13)12-5-4-6-12/h2-3,7-8,11-12H,4-6,9-10H2,1H3,(H,20,24). The number of fused-ring (bicyclic) bond motifs is 1. The van der Waals surface area contributed by atoms with Gasteiger partial charge in [-0.15, -0.1) is 0 Å². The highest BCUT2D eigenvalue weighted by Gasteiger charge is 2.25. The summed E-state index contributed by atoms with van der Waals surface area (Å²) in [4.78, 5) is 37.2. The van der Waals surface area contributed by atoms with Crippen LogP contribution >= 0.6 is 0 Å².